The number of carbonyl (C=O) groups excluding carboxylic acids is 1. The van der Waals surface area contributed by atoms with Gasteiger partial charge in [0, 0.05) is 30.1 Å². The van der Waals surface area contributed by atoms with Crippen molar-refractivity contribution in [3.8, 4) is 5.75 Å². The summed E-state index contributed by atoms with van der Waals surface area (Å²) >= 11 is 3.22. The van der Waals surface area contributed by atoms with E-state index in [1.165, 1.54) is 6.07 Å². The molecule has 5 nitrogen and oxygen atoms in total. The first-order valence-electron chi connectivity index (χ1n) is 8.88. The molecule has 1 aliphatic rings. The number of ether oxygens (including phenoxy) is 2. The smallest absolute Gasteiger partial charge is 0.410 e. The summed E-state index contributed by atoms with van der Waals surface area (Å²) in [5.74, 6) is -0.166. The molecule has 0 aromatic heterocycles. The summed E-state index contributed by atoms with van der Waals surface area (Å²) in [6, 6.07) is 14.4. The number of rotatable bonds is 6. The van der Waals surface area contributed by atoms with Crippen molar-refractivity contribution in [3.63, 3.8) is 0 Å². The zero-order valence-corrected chi connectivity index (χ0v) is 16.5. The zero-order valence-electron chi connectivity index (χ0n) is 14.9. The van der Waals surface area contributed by atoms with Gasteiger partial charge in [-0.25, -0.2) is 9.18 Å². The molecule has 7 heteroatoms. The molecule has 0 radical (unpaired) electrons. The average molecular weight is 437 g/mol. The van der Waals surface area contributed by atoms with Gasteiger partial charge in [-0.05, 0) is 30.2 Å². The minimum absolute atomic E-state index is 0.0848. The van der Waals surface area contributed by atoms with Gasteiger partial charge in [0.25, 0.3) is 0 Å². The highest BCUT2D eigenvalue weighted by Gasteiger charge is 2.24. The summed E-state index contributed by atoms with van der Waals surface area (Å²) in [4.78, 5) is 14.0. The highest BCUT2D eigenvalue weighted by Crippen LogP contribution is 2.21. The van der Waals surface area contributed by atoms with Crippen molar-refractivity contribution in [3.05, 3.63) is 64.4 Å². The van der Waals surface area contributed by atoms with Gasteiger partial charge in [-0.2, -0.15) is 0 Å². The largest absolute Gasteiger partial charge is 0.490 e. The van der Waals surface area contributed by atoms with E-state index in [9.17, 15) is 9.18 Å². The highest BCUT2D eigenvalue weighted by molar-refractivity contribution is 9.10. The van der Waals surface area contributed by atoms with Crippen LogP contribution in [0.1, 0.15) is 12.0 Å². The lowest BCUT2D eigenvalue weighted by Gasteiger charge is -2.33. The molecule has 2 aromatic carbocycles. The molecule has 0 unspecified atom stereocenters. The molecule has 27 heavy (non-hydrogen) atoms. The Kier molecular flexibility index (Phi) is 7.06. The van der Waals surface area contributed by atoms with Crippen LogP contribution in [0.5, 0.6) is 5.75 Å². The number of amides is 1. The molecule has 2 aromatic rings. The quantitative estimate of drug-likeness (QED) is 0.744. The molecule has 144 valence electrons. The first kappa shape index (κ1) is 19.6. The van der Waals surface area contributed by atoms with E-state index in [1.807, 2.05) is 30.3 Å². The van der Waals surface area contributed by atoms with Gasteiger partial charge in [-0.1, -0.05) is 46.3 Å². The van der Waals surface area contributed by atoms with Crippen molar-refractivity contribution in [2.24, 2.45) is 0 Å². The van der Waals surface area contributed by atoms with Crippen molar-refractivity contribution in [1.82, 2.24) is 10.2 Å². The number of carbonyl (C=O) groups is 1. The molecule has 0 bridgehead atoms. The van der Waals surface area contributed by atoms with Crippen LogP contribution < -0.4 is 10.1 Å². The van der Waals surface area contributed by atoms with Gasteiger partial charge in [-0.3, -0.25) is 0 Å². The van der Waals surface area contributed by atoms with Crippen LogP contribution in [0, 0.1) is 5.82 Å². The Morgan fingerprint density at radius 1 is 1.26 bits per heavy atom. The number of nitrogens with one attached hydrogen (secondary N) is 1. The van der Waals surface area contributed by atoms with Crippen molar-refractivity contribution < 1.29 is 18.7 Å². The maximum atomic E-state index is 13.8. The van der Waals surface area contributed by atoms with E-state index in [2.05, 4.69) is 21.2 Å². The Hall–Kier alpha value is -2.12. The van der Waals surface area contributed by atoms with Crippen LogP contribution in [0.2, 0.25) is 0 Å². The zero-order chi connectivity index (χ0) is 19.1. The Morgan fingerprint density at radius 2 is 2.07 bits per heavy atom. The lowest BCUT2D eigenvalue weighted by Crippen LogP contribution is -2.53. The fourth-order valence-corrected chi connectivity index (χ4v) is 3.23. The van der Waals surface area contributed by atoms with Gasteiger partial charge in [0.1, 0.15) is 6.61 Å². The summed E-state index contributed by atoms with van der Waals surface area (Å²) in [5.41, 5.74) is 0.961. The average Bonchev–Trinajstić information content (AvgIpc) is 2.69. The molecule has 1 fully saturated rings. The highest BCUT2D eigenvalue weighted by atomic mass is 79.9. The van der Waals surface area contributed by atoms with Crippen LogP contribution in [0.25, 0.3) is 0 Å². The fraction of sp³-hybridized carbons (Fsp3) is 0.350. The molecular weight excluding hydrogens is 415 g/mol. The second-order valence-electron chi connectivity index (χ2n) is 6.35. The van der Waals surface area contributed by atoms with E-state index in [0.29, 0.717) is 37.1 Å². The second-order valence-corrected chi connectivity index (χ2v) is 7.26. The van der Waals surface area contributed by atoms with E-state index in [0.717, 1.165) is 5.56 Å². The molecule has 1 atom stereocenters. The number of piperazine rings is 1. The van der Waals surface area contributed by atoms with Crippen LogP contribution in [-0.2, 0) is 11.3 Å². The van der Waals surface area contributed by atoms with Gasteiger partial charge >= 0.3 is 6.09 Å². The Morgan fingerprint density at radius 3 is 2.85 bits per heavy atom. The molecule has 1 saturated heterocycles. The molecule has 1 aliphatic heterocycles. The normalized spacial score (nSPS) is 16.8. The van der Waals surface area contributed by atoms with Gasteiger partial charge in [0.2, 0.25) is 0 Å². The minimum Gasteiger partial charge on any atom is -0.490 e. The van der Waals surface area contributed by atoms with Crippen LogP contribution in [0.15, 0.2) is 53.0 Å². The van der Waals surface area contributed by atoms with E-state index >= 15 is 0 Å². The van der Waals surface area contributed by atoms with Crippen LogP contribution >= 0.6 is 15.9 Å². The Balaban J connectivity index is 1.42. The molecule has 0 aliphatic carbocycles. The van der Waals surface area contributed by atoms with E-state index in [-0.39, 0.29) is 24.5 Å². The van der Waals surface area contributed by atoms with E-state index < -0.39 is 5.82 Å². The number of hydrogen-bond donors (Lipinski definition) is 1. The maximum Gasteiger partial charge on any atom is 0.410 e. The number of benzene rings is 2. The van der Waals surface area contributed by atoms with Gasteiger partial charge in [0.05, 0.1) is 6.61 Å². The van der Waals surface area contributed by atoms with Crippen molar-refractivity contribution in [1.29, 1.82) is 0 Å². The van der Waals surface area contributed by atoms with Gasteiger partial charge in [0.15, 0.2) is 11.6 Å². The first-order chi connectivity index (χ1) is 13.1. The SMILES string of the molecule is O=C(OCc1ccccc1)N1CCN[C@H](CCOc2ccc(Br)cc2F)C1. The van der Waals surface area contributed by atoms with E-state index in [4.69, 9.17) is 9.47 Å². The van der Waals surface area contributed by atoms with Gasteiger partial charge in [-0.15, -0.1) is 0 Å². The Bertz CT molecular complexity index is 760. The molecule has 1 heterocycles. The number of hydrogen-bond acceptors (Lipinski definition) is 4. The number of nitrogens with zero attached hydrogens (tertiary/aromatic N) is 1. The predicted octanol–water partition coefficient (Wildman–Crippen LogP) is 3.97. The van der Waals surface area contributed by atoms with Crippen molar-refractivity contribution >= 4 is 22.0 Å². The molecule has 1 amide bonds. The molecular formula is C20H22BrFN2O3. The molecule has 0 spiro atoms. The van der Waals surface area contributed by atoms with Crippen molar-refractivity contribution in [2.75, 3.05) is 26.2 Å². The third-order valence-electron chi connectivity index (χ3n) is 4.34. The minimum atomic E-state index is -0.396. The third kappa shape index (κ3) is 5.94. The van der Waals surface area contributed by atoms with E-state index in [1.54, 1.807) is 17.0 Å². The summed E-state index contributed by atoms with van der Waals surface area (Å²) in [5, 5.41) is 3.36. The lowest BCUT2D eigenvalue weighted by molar-refractivity contribution is 0.0826. The molecule has 1 N–H and O–H groups in total. The lowest BCUT2D eigenvalue weighted by atomic mass is 10.1. The summed E-state index contributed by atoms with van der Waals surface area (Å²) in [6.07, 6.45) is 0.350. The van der Waals surface area contributed by atoms with Gasteiger partial charge < -0.3 is 19.7 Å². The Labute approximate surface area is 166 Å². The molecule has 3 rings (SSSR count). The summed E-state index contributed by atoms with van der Waals surface area (Å²) < 4.78 is 25.4. The van der Waals surface area contributed by atoms with Crippen LogP contribution in [-0.4, -0.2) is 43.3 Å². The number of halogens is 2. The topological polar surface area (TPSA) is 50.8 Å². The third-order valence-corrected chi connectivity index (χ3v) is 4.83. The monoisotopic (exact) mass is 436 g/mol. The fourth-order valence-electron chi connectivity index (χ4n) is 2.90. The second kappa shape index (κ2) is 9.71. The molecule has 0 saturated carbocycles. The van der Waals surface area contributed by atoms with Crippen LogP contribution in [0.4, 0.5) is 9.18 Å². The standard InChI is InChI=1S/C20H22BrFN2O3/c21-16-6-7-19(18(22)12-16)26-11-8-17-13-24(10-9-23-17)20(25)27-14-15-4-2-1-3-5-15/h1-7,12,17,23H,8-11,13-14H2/t17-/m1/s1. The maximum absolute atomic E-state index is 13.8. The van der Waals surface area contributed by atoms with Crippen LogP contribution in [0.3, 0.4) is 0 Å². The van der Waals surface area contributed by atoms with Crippen molar-refractivity contribution in [2.45, 2.75) is 19.1 Å². The first-order valence-corrected chi connectivity index (χ1v) is 9.68. The predicted molar refractivity (Wildman–Crippen MR) is 104 cm³/mol. The summed E-state index contributed by atoms with van der Waals surface area (Å²) in [7, 11) is 0. The summed E-state index contributed by atoms with van der Waals surface area (Å²) in [6.45, 7) is 2.47.